The minimum Gasteiger partial charge on any atom is -0.392 e. The Kier molecular flexibility index (Phi) is 4.10. The van der Waals surface area contributed by atoms with E-state index in [2.05, 4.69) is 15.2 Å². The minimum absolute atomic E-state index is 0.166. The SMILES string of the molecule is CCc1noc(Cn2ccn3nc(-c4ccccc4)c(CO)c3c2=O)n1. The van der Waals surface area contributed by atoms with Crippen molar-refractivity contribution in [1.82, 2.24) is 24.3 Å². The van der Waals surface area contributed by atoms with E-state index in [1.165, 1.54) is 9.08 Å². The van der Waals surface area contributed by atoms with Crippen molar-refractivity contribution >= 4 is 5.52 Å². The summed E-state index contributed by atoms with van der Waals surface area (Å²) in [6.07, 6.45) is 3.96. The standard InChI is InChI=1S/C18H17N5O3/c1-2-14-19-15(26-21-14)10-22-8-9-23-17(18(22)25)13(11-24)16(20-23)12-6-4-3-5-7-12/h3-9,24H,2,10-11H2,1H3. The van der Waals surface area contributed by atoms with Gasteiger partial charge in [-0.3, -0.25) is 4.79 Å². The van der Waals surface area contributed by atoms with E-state index in [0.29, 0.717) is 34.9 Å². The smallest absolute Gasteiger partial charge is 0.277 e. The summed E-state index contributed by atoms with van der Waals surface area (Å²) in [5.74, 6) is 0.961. The molecule has 1 aromatic carbocycles. The van der Waals surface area contributed by atoms with Crippen molar-refractivity contribution in [2.75, 3.05) is 0 Å². The number of aliphatic hydroxyl groups excluding tert-OH is 1. The summed E-state index contributed by atoms with van der Waals surface area (Å²) in [5, 5.41) is 18.2. The van der Waals surface area contributed by atoms with Gasteiger partial charge >= 0.3 is 0 Å². The number of aryl methyl sites for hydroxylation is 1. The fourth-order valence-corrected chi connectivity index (χ4v) is 2.90. The van der Waals surface area contributed by atoms with Crippen LogP contribution >= 0.6 is 0 Å². The van der Waals surface area contributed by atoms with Crippen LogP contribution in [-0.4, -0.2) is 29.4 Å². The van der Waals surface area contributed by atoms with Crippen molar-refractivity contribution in [2.24, 2.45) is 0 Å². The lowest BCUT2D eigenvalue weighted by Crippen LogP contribution is -2.22. The molecule has 0 amide bonds. The molecule has 0 aliphatic heterocycles. The Morgan fingerprint density at radius 3 is 2.69 bits per heavy atom. The van der Waals surface area contributed by atoms with Gasteiger partial charge in [0.25, 0.3) is 5.56 Å². The molecule has 4 rings (SSSR count). The van der Waals surface area contributed by atoms with E-state index < -0.39 is 0 Å². The second-order valence-electron chi connectivity index (χ2n) is 5.83. The van der Waals surface area contributed by atoms with Gasteiger partial charge in [-0.25, -0.2) is 4.52 Å². The van der Waals surface area contributed by atoms with Gasteiger partial charge in [-0.2, -0.15) is 10.1 Å². The zero-order valence-electron chi connectivity index (χ0n) is 14.2. The van der Waals surface area contributed by atoms with Gasteiger partial charge in [0.15, 0.2) is 5.82 Å². The number of fused-ring (bicyclic) bond motifs is 1. The minimum atomic E-state index is -0.284. The molecule has 26 heavy (non-hydrogen) atoms. The van der Waals surface area contributed by atoms with E-state index in [0.717, 1.165) is 5.56 Å². The van der Waals surface area contributed by atoms with Gasteiger partial charge in [0, 0.05) is 29.9 Å². The lowest BCUT2D eigenvalue weighted by atomic mass is 10.1. The first-order valence-corrected chi connectivity index (χ1v) is 8.29. The van der Waals surface area contributed by atoms with Crippen molar-refractivity contribution in [3.63, 3.8) is 0 Å². The largest absolute Gasteiger partial charge is 0.392 e. The van der Waals surface area contributed by atoms with Gasteiger partial charge in [0.05, 0.1) is 12.3 Å². The maximum Gasteiger partial charge on any atom is 0.277 e. The highest BCUT2D eigenvalue weighted by atomic mass is 16.5. The highest BCUT2D eigenvalue weighted by Gasteiger charge is 2.18. The van der Waals surface area contributed by atoms with Crippen LogP contribution in [0, 0.1) is 0 Å². The summed E-state index contributed by atoms with van der Waals surface area (Å²) in [7, 11) is 0. The highest BCUT2D eigenvalue weighted by Crippen LogP contribution is 2.24. The summed E-state index contributed by atoms with van der Waals surface area (Å²) >= 11 is 0. The molecule has 3 heterocycles. The van der Waals surface area contributed by atoms with E-state index in [4.69, 9.17) is 4.52 Å². The van der Waals surface area contributed by atoms with E-state index in [1.807, 2.05) is 37.3 Å². The van der Waals surface area contributed by atoms with Crippen LogP contribution in [0.1, 0.15) is 24.2 Å². The summed E-state index contributed by atoms with van der Waals surface area (Å²) in [6, 6.07) is 9.47. The van der Waals surface area contributed by atoms with Crippen LogP contribution < -0.4 is 5.56 Å². The summed E-state index contributed by atoms with van der Waals surface area (Å²) in [6.45, 7) is 1.81. The molecule has 0 saturated heterocycles. The molecule has 8 heteroatoms. The lowest BCUT2D eigenvalue weighted by Gasteiger charge is -2.03. The normalized spacial score (nSPS) is 11.3. The van der Waals surface area contributed by atoms with Crippen molar-refractivity contribution in [2.45, 2.75) is 26.5 Å². The Balaban J connectivity index is 1.83. The van der Waals surface area contributed by atoms with Crippen molar-refractivity contribution < 1.29 is 9.63 Å². The quantitative estimate of drug-likeness (QED) is 0.587. The molecule has 0 fully saturated rings. The Labute approximate surface area is 148 Å². The number of aliphatic hydroxyl groups is 1. The number of benzene rings is 1. The zero-order valence-corrected chi connectivity index (χ0v) is 14.2. The predicted molar refractivity (Wildman–Crippen MR) is 93.6 cm³/mol. The highest BCUT2D eigenvalue weighted by molar-refractivity contribution is 5.72. The van der Waals surface area contributed by atoms with E-state index >= 15 is 0 Å². The second kappa shape index (κ2) is 6.57. The molecule has 132 valence electrons. The Bertz CT molecular complexity index is 1110. The fourth-order valence-electron chi connectivity index (χ4n) is 2.90. The van der Waals surface area contributed by atoms with Crippen LogP contribution in [0.25, 0.3) is 16.8 Å². The van der Waals surface area contributed by atoms with E-state index in [9.17, 15) is 9.90 Å². The predicted octanol–water partition coefficient (Wildman–Crippen LogP) is 1.65. The number of nitrogens with zero attached hydrogens (tertiary/aromatic N) is 5. The molecule has 8 nitrogen and oxygen atoms in total. The molecule has 1 N–H and O–H groups in total. The molecule has 0 bridgehead atoms. The van der Waals surface area contributed by atoms with Crippen LogP contribution in [0.4, 0.5) is 0 Å². The van der Waals surface area contributed by atoms with Crippen LogP contribution in [-0.2, 0) is 19.6 Å². The van der Waals surface area contributed by atoms with Crippen LogP contribution in [0.2, 0.25) is 0 Å². The number of aromatic nitrogens is 5. The van der Waals surface area contributed by atoms with Crippen molar-refractivity contribution in [3.05, 3.63) is 70.4 Å². The van der Waals surface area contributed by atoms with Gasteiger partial charge in [0.1, 0.15) is 12.1 Å². The molecule has 4 aromatic rings. The summed E-state index contributed by atoms with van der Waals surface area (Å²) in [5.41, 5.74) is 1.99. The van der Waals surface area contributed by atoms with Gasteiger partial charge in [-0.05, 0) is 0 Å². The summed E-state index contributed by atoms with van der Waals surface area (Å²) < 4.78 is 8.13. The molecule has 0 spiro atoms. The van der Waals surface area contributed by atoms with Gasteiger partial charge < -0.3 is 14.2 Å². The first-order valence-electron chi connectivity index (χ1n) is 8.29. The monoisotopic (exact) mass is 351 g/mol. The Morgan fingerprint density at radius 2 is 2.00 bits per heavy atom. The maximum absolute atomic E-state index is 12.9. The molecule has 3 aromatic heterocycles. The van der Waals surface area contributed by atoms with Gasteiger partial charge in [-0.15, -0.1) is 0 Å². The third kappa shape index (κ3) is 2.70. The number of hydrogen-bond acceptors (Lipinski definition) is 6. The Hall–Kier alpha value is -3.26. The lowest BCUT2D eigenvalue weighted by molar-refractivity contribution is 0.283. The van der Waals surface area contributed by atoms with Crippen molar-refractivity contribution in [1.29, 1.82) is 0 Å². The van der Waals surface area contributed by atoms with E-state index in [-0.39, 0.29) is 18.7 Å². The molecule has 0 aliphatic rings. The van der Waals surface area contributed by atoms with Crippen LogP contribution in [0.5, 0.6) is 0 Å². The Morgan fingerprint density at radius 1 is 1.19 bits per heavy atom. The first-order chi connectivity index (χ1) is 12.7. The average Bonchev–Trinajstić information content (AvgIpc) is 3.29. The molecule has 0 aliphatic carbocycles. The molecular weight excluding hydrogens is 334 g/mol. The molecule has 0 unspecified atom stereocenters. The van der Waals surface area contributed by atoms with Crippen LogP contribution in [0.3, 0.4) is 0 Å². The molecule has 0 saturated carbocycles. The van der Waals surface area contributed by atoms with Gasteiger partial charge in [0.2, 0.25) is 5.89 Å². The first kappa shape index (κ1) is 16.2. The van der Waals surface area contributed by atoms with E-state index in [1.54, 1.807) is 12.4 Å². The third-order valence-electron chi connectivity index (χ3n) is 4.20. The molecular formula is C18H17N5O3. The van der Waals surface area contributed by atoms with Gasteiger partial charge in [-0.1, -0.05) is 42.4 Å². The number of hydrogen-bond donors (Lipinski definition) is 1. The fraction of sp³-hybridized carbons (Fsp3) is 0.222. The number of rotatable bonds is 5. The average molecular weight is 351 g/mol. The topological polar surface area (TPSA) is 98.5 Å². The van der Waals surface area contributed by atoms with Crippen LogP contribution in [0.15, 0.2) is 52.0 Å². The zero-order chi connectivity index (χ0) is 18.1. The molecule has 0 atom stereocenters. The maximum atomic E-state index is 12.9. The van der Waals surface area contributed by atoms with Crippen molar-refractivity contribution in [3.8, 4) is 11.3 Å². The summed E-state index contributed by atoms with van der Waals surface area (Å²) in [4.78, 5) is 17.2. The third-order valence-corrected chi connectivity index (χ3v) is 4.20. The molecule has 0 radical (unpaired) electrons. The second-order valence-corrected chi connectivity index (χ2v) is 5.83.